The number of Topliss-reactive ketones (excluding diaryl/α,β-unsaturated/α-hetero) is 1. The summed E-state index contributed by atoms with van der Waals surface area (Å²) in [4.78, 5) is 35.5. The first-order chi connectivity index (χ1) is 10.7. The third kappa shape index (κ3) is 7.44. The van der Waals surface area contributed by atoms with E-state index in [1.807, 2.05) is 30.3 Å². The quantitative estimate of drug-likeness (QED) is 0.642. The number of hydrogen-bond donors (Lipinski definition) is 1. The van der Waals surface area contributed by atoms with Gasteiger partial charge in [0.2, 0.25) is 0 Å². The molecule has 1 atom stereocenters. The molecule has 1 amide bonds. The minimum absolute atomic E-state index is 0.274. The lowest BCUT2D eigenvalue weighted by atomic mass is 10.0. The zero-order valence-corrected chi connectivity index (χ0v) is 13.9. The molecule has 0 saturated heterocycles. The lowest BCUT2D eigenvalue weighted by Crippen LogP contribution is -2.45. The summed E-state index contributed by atoms with van der Waals surface area (Å²) < 4.78 is 9.67. The molecule has 0 aliphatic carbocycles. The van der Waals surface area contributed by atoms with Crippen LogP contribution in [0.1, 0.15) is 32.8 Å². The number of rotatable bonds is 6. The number of amides is 1. The van der Waals surface area contributed by atoms with Crippen LogP contribution in [0.15, 0.2) is 30.3 Å². The van der Waals surface area contributed by atoms with Crippen molar-refractivity contribution in [3.8, 4) is 0 Å². The van der Waals surface area contributed by atoms with Gasteiger partial charge in [-0.1, -0.05) is 30.3 Å². The summed E-state index contributed by atoms with van der Waals surface area (Å²) in [6, 6.07) is 8.36. The van der Waals surface area contributed by atoms with E-state index >= 15 is 0 Å². The lowest BCUT2D eigenvalue weighted by molar-refractivity contribution is -0.143. The number of nitrogens with one attached hydrogen (secondary N) is 1. The molecule has 0 aliphatic heterocycles. The number of hydrogen-bond acceptors (Lipinski definition) is 5. The molecule has 23 heavy (non-hydrogen) atoms. The van der Waals surface area contributed by atoms with Gasteiger partial charge in [0.25, 0.3) is 0 Å². The third-order valence-electron chi connectivity index (χ3n) is 2.91. The molecule has 1 aromatic rings. The SMILES string of the molecule is COC(=O)CC(=O)[C@@H](Cc1ccccc1)NC(=O)OC(C)(C)C. The van der Waals surface area contributed by atoms with Gasteiger partial charge < -0.3 is 14.8 Å². The highest BCUT2D eigenvalue weighted by Gasteiger charge is 2.26. The second-order valence-electron chi connectivity index (χ2n) is 6.11. The topological polar surface area (TPSA) is 81.7 Å². The van der Waals surface area contributed by atoms with E-state index in [1.165, 1.54) is 7.11 Å². The minimum Gasteiger partial charge on any atom is -0.469 e. The Hall–Kier alpha value is -2.37. The van der Waals surface area contributed by atoms with E-state index in [2.05, 4.69) is 10.1 Å². The van der Waals surface area contributed by atoms with Gasteiger partial charge in [0.05, 0.1) is 13.2 Å². The van der Waals surface area contributed by atoms with Crippen LogP contribution in [0, 0.1) is 0 Å². The number of ether oxygens (including phenoxy) is 2. The number of benzene rings is 1. The van der Waals surface area contributed by atoms with Crippen molar-refractivity contribution in [3.63, 3.8) is 0 Å². The van der Waals surface area contributed by atoms with Gasteiger partial charge in [-0.15, -0.1) is 0 Å². The van der Waals surface area contributed by atoms with Crippen LogP contribution in [-0.2, 0) is 25.5 Å². The highest BCUT2D eigenvalue weighted by molar-refractivity contribution is 5.99. The fourth-order valence-electron chi connectivity index (χ4n) is 1.88. The summed E-state index contributed by atoms with van der Waals surface area (Å²) in [5.74, 6) is -1.06. The molecule has 0 heterocycles. The summed E-state index contributed by atoms with van der Waals surface area (Å²) in [6.45, 7) is 5.19. The molecular weight excluding hydrogens is 298 g/mol. The van der Waals surface area contributed by atoms with Crippen LogP contribution < -0.4 is 5.32 Å². The van der Waals surface area contributed by atoms with Crippen molar-refractivity contribution in [3.05, 3.63) is 35.9 Å². The molecule has 0 aliphatic rings. The normalized spacial score (nSPS) is 12.2. The Bertz CT molecular complexity index is 548. The fourth-order valence-corrected chi connectivity index (χ4v) is 1.88. The number of esters is 1. The molecule has 0 spiro atoms. The van der Waals surface area contributed by atoms with Crippen LogP contribution in [-0.4, -0.2) is 36.6 Å². The van der Waals surface area contributed by atoms with Crippen molar-refractivity contribution < 1.29 is 23.9 Å². The predicted molar refractivity (Wildman–Crippen MR) is 84.9 cm³/mol. The Morgan fingerprint density at radius 3 is 2.26 bits per heavy atom. The summed E-state index contributed by atoms with van der Waals surface area (Å²) in [5.41, 5.74) is 0.194. The average molecular weight is 321 g/mol. The molecule has 126 valence electrons. The third-order valence-corrected chi connectivity index (χ3v) is 2.91. The minimum atomic E-state index is -0.855. The van der Waals surface area contributed by atoms with E-state index in [0.29, 0.717) is 0 Å². The van der Waals surface area contributed by atoms with E-state index in [9.17, 15) is 14.4 Å². The molecule has 1 N–H and O–H groups in total. The standard InChI is InChI=1S/C17H23NO5/c1-17(2,3)23-16(21)18-13(14(19)11-15(20)22-4)10-12-8-6-5-7-9-12/h5-9,13H,10-11H2,1-4H3,(H,18,21)/t13-/m1/s1. The Labute approximate surface area is 136 Å². The van der Waals surface area contributed by atoms with Crippen molar-refractivity contribution in [1.29, 1.82) is 0 Å². The largest absolute Gasteiger partial charge is 0.469 e. The van der Waals surface area contributed by atoms with Crippen LogP contribution in [0.5, 0.6) is 0 Å². The number of carbonyl (C=O) groups excluding carboxylic acids is 3. The first kappa shape index (κ1) is 18.7. The molecule has 0 unspecified atom stereocenters. The van der Waals surface area contributed by atoms with Gasteiger partial charge in [0.15, 0.2) is 5.78 Å². The molecule has 0 bridgehead atoms. The van der Waals surface area contributed by atoms with Crippen LogP contribution >= 0.6 is 0 Å². The highest BCUT2D eigenvalue weighted by Crippen LogP contribution is 2.10. The molecule has 0 fully saturated rings. The van der Waals surface area contributed by atoms with E-state index in [4.69, 9.17) is 4.74 Å². The van der Waals surface area contributed by atoms with Gasteiger partial charge in [-0.2, -0.15) is 0 Å². The maximum absolute atomic E-state index is 12.2. The van der Waals surface area contributed by atoms with Gasteiger partial charge in [-0.05, 0) is 32.8 Å². The fraction of sp³-hybridized carbons (Fsp3) is 0.471. The molecule has 1 rings (SSSR count). The molecular formula is C17H23NO5. The van der Waals surface area contributed by atoms with Crippen molar-refractivity contribution in [2.45, 2.75) is 45.3 Å². The summed E-state index contributed by atoms with van der Waals surface area (Å²) >= 11 is 0. The molecule has 0 saturated carbocycles. The molecule has 0 radical (unpaired) electrons. The van der Waals surface area contributed by atoms with Gasteiger partial charge in [-0.3, -0.25) is 9.59 Å². The number of alkyl carbamates (subject to hydrolysis) is 1. The van der Waals surface area contributed by atoms with Gasteiger partial charge >= 0.3 is 12.1 Å². The lowest BCUT2D eigenvalue weighted by Gasteiger charge is -2.23. The zero-order chi connectivity index (χ0) is 17.5. The van der Waals surface area contributed by atoms with Gasteiger partial charge in [0.1, 0.15) is 12.0 Å². The van der Waals surface area contributed by atoms with Crippen LogP contribution in [0.4, 0.5) is 4.79 Å². The Balaban J connectivity index is 2.81. The maximum Gasteiger partial charge on any atom is 0.408 e. The van der Waals surface area contributed by atoms with Crippen molar-refractivity contribution in [1.82, 2.24) is 5.32 Å². The van der Waals surface area contributed by atoms with Gasteiger partial charge in [-0.25, -0.2) is 4.79 Å². The van der Waals surface area contributed by atoms with Gasteiger partial charge in [0, 0.05) is 0 Å². The average Bonchev–Trinajstić information content (AvgIpc) is 2.45. The van der Waals surface area contributed by atoms with E-state index in [0.717, 1.165) is 5.56 Å². The van der Waals surface area contributed by atoms with Crippen LogP contribution in [0.25, 0.3) is 0 Å². The molecule has 0 aromatic heterocycles. The Morgan fingerprint density at radius 2 is 1.74 bits per heavy atom. The molecule has 1 aromatic carbocycles. The van der Waals surface area contributed by atoms with E-state index < -0.39 is 35.9 Å². The summed E-state index contributed by atoms with van der Waals surface area (Å²) in [5, 5.41) is 2.53. The first-order valence-corrected chi connectivity index (χ1v) is 7.34. The van der Waals surface area contributed by atoms with Crippen LogP contribution in [0.2, 0.25) is 0 Å². The van der Waals surface area contributed by atoms with Crippen molar-refractivity contribution >= 4 is 17.8 Å². The molecule has 6 nitrogen and oxygen atoms in total. The van der Waals surface area contributed by atoms with Crippen LogP contribution in [0.3, 0.4) is 0 Å². The maximum atomic E-state index is 12.2. The highest BCUT2D eigenvalue weighted by atomic mass is 16.6. The Kier molecular flexibility index (Phi) is 6.75. The monoisotopic (exact) mass is 321 g/mol. The van der Waals surface area contributed by atoms with Crippen molar-refractivity contribution in [2.24, 2.45) is 0 Å². The number of carbonyl (C=O) groups is 3. The Morgan fingerprint density at radius 1 is 1.13 bits per heavy atom. The smallest absolute Gasteiger partial charge is 0.408 e. The predicted octanol–water partition coefficient (Wildman–Crippen LogP) is 2.25. The number of methoxy groups -OCH3 is 1. The first-order valence-electron chi connectivity index (χ1n) is 7.34. The van der Waals surface area contributed by atoms with Crippen molar-refractivity contribution in [2.75, 3.05) is 7.11 Å². The zero-order valence-electron chi connectivity index (χ0n) is 13.9. The molecule has 6 heteroatoms. The second kappa shape index (κ2) is 8.31. The van der Waals surface area contributed by atoms with E-state index in [-0.39, 0.29) is 6.42 Å². The van der Waals surface area contributed by atoms with E-state index in [1.54, 1.807) is 20.8 Å². The number of ketones is 1. The summed E-state index contributed by atoms with van der Waals surface area (Å²) in [6.07, 6.45) is -0.823. The summed E-state index contributed by atoms with van der Waals surface area (Å²) in [7, 11) is 1.21. The second-order valence-corrected chi connectivity index (χ2v) is 6.11.